The lowest BCUT2D eigenvalue weighted by Crippen LogP contribution is -2.43. The highest BCUT2D eigenvalue weighted by atomic mass is 16.5. The first-order valence-electron chi connectivity index (χ1n) is 8.25. The Bertz CT molecular complexity index is 462. The smallest absolute Gasteiger partial charge is 0.311 e. The third kappa shape index (κ3) is 6.04. The summed E-state index contributed by atoms with van der Waals surface area (Å²) in [5.74, 6) is -0.889. The van der Waals surface area contributed by atoms with Crippen LogP contribution in [0.1, 0.15) is 40.0 Å². The second kappa shape index (κ2) is 9.33. The van der Waals surface area contributed by atoms with E-state index in [1.807, 2.05) is 20.8 Å². The maximum absolute atomic E-state index is 12.1. The Labute approximate surface area is 138 Å². The van der Waals surface area contributed by atoms with Crippen molar-refractivity contribution in [3.63, 3.8) is 0 Å². The molecule has 1 rings (SSSR count). The molecule has 0 aromatic heterocycles. The van der Waals surface area contributed by atoms with Crippen LogP contribution in [0.15, 0.2) is 12.2 Å². The van der Waals surface area contributed by atoms with Crippen molar-refractivity contribution < 1.29 is 19.1 Å². The van der Waals surface area contributed by atoms with Crippen LogP contribution in [0.2, 0.25) is 0 Å². The lowest BCUT2D eigenvalue weighted by Gasteiger charge is -2.31. The standard InChI is InChI=1S/C17H28N2O4/c1-5-15(20)19-9-7-8-14(11-19)17(22)23-12-16(21)18(6-2)10-13(3)4/h14H,3,5-12H2,1-2,4H3. The van der Waals surface area contributed by atoms with Gasteiger partial charge in [-0.3, -0.25) is 14.4 Å². The van der Waals surface area contributed by atoms with Crippen LogP contribution in [0, 0.1) is 5.92 Å². The van der Waals surface area contributed by atoms with Crippen LogP contribution in [0.4, 0.5) is 0 Å². The molecule has 23 heavy (non-hydrogen) atoms. The monoisotopic (exact) mass is 324 g/mol. The number of nitrogens with zero attached hydrogens (tertiary/aromatic N) is 2. The number of likely N-dealkylation sites (tertiary alicyclic amines) is 1. The Morgan fingerprint density at radius 2 is 2.00 bits per heavy atom. The van der Waals surface area contributed by atoms with Gasteiger partial charge >= 0.3 is 5.97 Å². The van der Waals surface area contributed by atoms with E-state index in [-0.39, 0.29) is 24.3 Å². The molecule has 1 aliphatic heterocycles. The summed E-state index contributed by atoms with van der Waals surface area (Å²) in [6.07, 6.45) is 1.92. The lowest BCUT2D eigenvalue weighted by atomic mass is 9.98. The number of ether oxygens (including phenoxy) is 1. The Hall–Kier alpha value is -1.85. The minimum atomic E-state index is -0.390. The van der Waals surface area contributed by atoms with Gasteiger partial charge in [0.1, 0.15) is 0 Å². The molecule has 0 N–H and O–H groups in total. The zero-order valence-corrected chi connectivity index (χ0v) is 14.5. The predicted molar refractivity (Wildman–Crippen MR) is 87.6 cm³/mol. The van der Waals surface area contributed by atoms with E-state index in [0.717, 1.165) is 12.0 Å². The normalized spacial score (nSPS) is 17.5. The fourth-order valence-electron chi connectivity index (χ4n) is 2.66. The largest absolute Gasteiger partial charge is 0.455 e. The highest BCUT2D eigenvalue weighted by Crippen LogP contribution is 2.18. The fraction of sp³-hybridized carbons (Fsp3) is 0.706. The third-order valence-corrected chi connectivity index (χ3v) is 3.94. The van der Waals surface area contributed by atoms with E-state index in [1.54, 1.807) is 9.80 Å². The second-order valence-electron chi connectivity index (χ2n) is 6.01. The Morgan fingerprint density at radius 1 is 1.30 bits per heavy atom. The first-order valence-corrected chi connectivity index (χ1v) is 8.25. The van der Waals surface area contributed by atoms with Crippen molar-refractivity contribution in [2.24, 2.45) is 5.92 Å². The molecular weight excluding hydrogens is 296 g/mol. The number of piperidine rings is 1. The first kappa shape index (κ1) is 19.2. The maximum atomic E-state index is 12.1. The molecule has 0 aliphatic carbocycles. The van der Waals surface area contributed by atoms with Crippen LogP contribution in [0.3, 0.4) is 0 Å². The van der Waals surface area contributed by atoms with Gasteiger partial charge in [-0.1, -0.05) is 19.1 Å². The first-order chi connectivity index (χ1) is 10.9. The average Bonchev–Trinajstić information content (AvgIpc) is 2.56. The highest BCUT2D eigenvalue weighted by Gasteiger charge is 2.29. The van der Waals surface area contributed by atoms with Crippen LogP contribution >= 0.6 is 0 Å². The molecule has 1 atom stereocenters. The van der Waals surface area contributed by atoms with E-state index >= 15 is 0 Å². The van der Waals surface area contributed by atoms with E-state index in [9.17, 15) is 14.4 Å². The lowest BCUT2D eigenvalue weighted by molar-refractivity contribution is -0.157. The topological polar surface area (TPSA) is 66.9 Å². The summed E-state index contributed by atoms with van der Waals surface area (Å²) in [7, 11) is 0. The number of hydrogen-bond acceptors (Lipinski definition) is 4. The average molecular weight is 324 g/mol. The third-order valence-electron chi connectivity index (χ3n) is 3.94. The predicted octanol–water partition coefficient (Wildman–Crippen LogP) is 1.60. The van der Waals surface area contributed by atoms with E-state index < -0.39 is 5.97 Å². The van der Waals surface area contributed by atoms with Crippen molar-refractivity contribution in [1.82, 2.24) is 9.80 Å². The minimum Gasteiger partial charge on any atom is -0.455 e. The highest BCUT2D eigenvalue weighted by molar-refractivity contribution is 5.82. The molecule has 0 spiro atoms. The molecule has 2 amide bonds. The number of carbonyl (C=O) groups excluding carboxylic acids is 3. The van der Waals surface area contributed by atoms with Gasteiger partial charge in [-0.05, 0) is 26.7 Å². The van der Waals surface area contributed by atoms with E-state index in [4.69, 9.17) is 4.74 Å². The van der Waals surface area contributed by atoms with Gasteiger partial charge < -0.3 is 14.5 Å². The molecule has 130 valence electrons. The maximum Gasteiger partial charge on any atom is 0.311 e. The number of likely N-dealkylation sites (N-methyl/N-ethyl adjacent to an activating group) is 1. The molecule has 0 aromatic rings. The molecule has 1 saturated heterocycles. The van der Waals surface area contributed by atoms with E-state index in [0.29, 0.717) is 39.0 Å². The zero-order valence-electron chi connectivity index (χ0n) is 14.5. The summed E-state index contributed by atoms with van der Waals surface area (Å²) in [6, 6.07) is 0. The van der Waals surface area contributed by atoms with Crippen molar-refractivity contribution in [3.05, 3.63) is 12.2 Å². The van der Waals surface area contributed by atoms with Crippen molar-refractivity contribution in [3.8, 4) is 0 Å². The molecule has 0 aromatic carbocycles. The summed E-state index contributed by atoms with van der Waals surface area (Å²) >= 11 is 0. The van der Waals surface area contributed by atoms with E-state index in [2.05, 4.69) is 6.58 Å². The number of rotatable bonds is 7. The molecular formula is C17H28N2O4. The molecule has 0 saturated carbocycles. The Morgan fingerprint density at radius 3 is 2.57 bits per heavy atom. The molecule has 6 heteroatoms. The number of amides is 2. The summed E-state index contributed by atoms with van der Waals surface area (Å²) in [6.45, 7) is 11.2. The Balaban J connectivity index is 2.47. The van der Waals surface area contributed by atoms with Gasteiger partial charge in [-0.2, -0.15) is 0 Å². The van der Waals surface area contributed by atoms with Crippen LogP contribution < -0.4 is 0 Å². The SMILES string of the molecule is C=C(C)CN(CC)C(=O)COC(=O)C1CCCN(C(=O)CC)C1. The molecule has 1 aliphatic rings. The van der Waals surface area contributed by atoms with Gasteiger partial charge in [-0.15, -0.1) is 0 Å². The van der Waals surface area contributed by atoms with Crippen LogP contribution in [0.5, 0.6) is 0 Å². The van der Waals surface area contributed by atoms with Gasteiger partial charge in [0.25, 0.3) is 5.91 Å². The van der Waals surface area contributed by atoms with Crippen molar-refractivity contribution in [1.29, 1.82) is 0 Å². The van der Waals surface area contributed by atoms with Gasteiger partial charge in [0.05, 0.1) is 5.92 Å². The number of carbonyl (C=O) groups is 3. The molecule has 1 heterocycles. The quantitative estimate of drug-likeness (QED) is 0.527. The minimum absolute atomic E-state index is 0.0530. The van der Waals surface area contributed by atoms with Gasteiger partial charge in [0, 0.05) is 32.6 Å². The molecule has 1 fully saturated rings. The molecule has 1 unspecified atom stereocenters. The molecule has 0 bridgehead atoms. The summed E-state index contributed by atoms with van der Waals surface area (Å²) < 4.78 is 5.17. The van der Waals surface area contributed by atoms with Crippen LogP contribution in [-0.4, -0.2) is 60.4 Å². The zero-order chi connectivity index (χ0) is 17.4. The second-order valence-corrected chi connectivity index (χ2v) is 6.01. The fourth-order valence-corrected chi connectivity index (χ4v) is 2.66. The van der Waals surface area contributed by atoms with Gasteiger partial charge in [0.2, 0.25) is 5.91 Å². The Kier molecular flexibility index (Phi) is 7.78. The van der Waals surface area contributed by atoms with Gasteiger partial charge in [-0.25, -0.2) is 0 Å². The number of esters is 1. The van der Waals surface area contributed by atoms with Crippen molar-refractivity contribution in [2.75, 3.05) is 32.8 Å². The molecule has 6 nitrogen and oxygen atoms in total. The molecule has 0 radical (unpaired) electrons. The summed E-state index contributed by atoms with van der Waals surface area (Å²) in [5, 5.41) is 0. The number of hydrogen-bond donors (Lipinski definition) is 0. The van der Waals surface area contributed by atoms with Crippen molar-refractivity contribution in [2.45, 2.75) is 40.0 Å². The summed E-state index contributed by atoms with van der Waals surface area (Å²) in [5.41, 5.74) is 0.882. The van der Waals surface area contributed by atoms with Crippen LogP contribution in [-0.2, 0) is 19.1 Å². The van der Waals surface area contributed by atoms with Gasteiger partial charge in [0.15, 0.2) is 6.61 Å². The van der Waals surface area contributed by atoms with Crippen molar-refractivity contribution >= 4 is 17.8 Å². The van der Waals surface area contributed by atoms with Crippen LogP contribution in [0.25, 0.3) is 0 Å². The van der Waals surface area contributed by atoms with E-state index in [1.165, 1.54) is 0 Å². The summed E-state index contributed by atoms with van der Waals surface area (Å²) in [4.78, 5) is 39.2.